The maximum Gasteiger partial charge on any atom is 0.323 e. The van der Waals surface area contributed by atoms with Crippen LogP contribution >= 0.6 is 0 Å². The van der Waals surface area contributed by atoms with E-state index in [1.54, 1.807) is 32.4 Å². The predicted molar refractivity (Wildman–Crippen MR) is 88.1 cm³/mol. The summed E-state index contributed by atoms with van der Waals surface area (Å²) in [4.78, 5) is 12.1. The molecule has 0 unspecified atom stereocenters. The summed E-state index contributed by atoms with van der Waals surface area (Å²) in [6.07, 6.45) is 0. The number of benzene rings is 2. The Labute approximate surface area is 130 Å². The molecule has 0 fully saturated rings. The van der Waals surface area contributed by atoms with Crippen LogP contribution in [0.1, 0.15) is 11.1 Å². The molecule has 22 heavy (non-hydrogen) atoms. The van der Waals surface area contributed by atoms with Gasteiger partial charge in [0.1, 0.15) is 11.5 Å². The van der Waals surface area contributed by atoms with Crippen LogP contribution in [0.5, 0.6) is 11.5 Å². The van der Waals surface area contributed by atoms with E-state index < -0.39 is 0 Å². The van der Waals surface area contributed by atoms with Crippen LogP contribution in [0.3, 0.4) is 0 Å². The number of amides is 2. The molecule has 116 valence electrons. The summed E-state index contributed by atoms with van der Waals surface area (Å²) in [6, 6.07) is 10.6. The van der Waals surface area contributed by atoms with Crippen LogP contribution in [0.2, 0.25) is 0 Å². The Bertz CT molecular complexity index is 684. The Morgan fingerprint density at radius 2 is 1.68 bits per heavy atom. The average molecular weight is 300 g/mol. The lowest BCUT2D eigenvalue weighted by molar-refractivity contribution is 0.262. The molecule has 0 aliphatic carbocycles. The minimum atomic E-state index is -0.327. The third-order valence-electron chi connectivity index (χ3n) is 3.42. The third kappa shape index (κ3) is 3.69. The Morgan fingerprint density at radius 3 is 2.32 bits per heavy atom. The van der Waals surface area contributed by atoms with Gasteiger partial charge in [0.05, 0.1) is 19.9 Å². The van der Waals surface area contributed by atoms with Crippen molar-refractivity contribution in [1.29, 1.82) is 0 Å². The zero-order valence-electron chi connectivity index (χ0n) is 13.2. The van der Waals surface area contributed by atoms with Crippen LogP contribution in [0.25, 0.3) is 0 Å². The highest BCUT2D eigenvalue weighted by Crippen LogP contribution is 2.29. The summed E-state index contributed by atoms with van der Waals surface area (Å²) in [5.74, 6) is 1.20. The molecule has 2 rings (SSSR count). The molecule has 0 aromatic heterocycles. The second-order valence-electron chi connectivity index (χ2n) is 4.94. The predicted octanol–water partition coefficient (Wildman–Crippen LogP) is 3.96. The van der Waals surface area contributed by atoms with Gasteiger partial charge in [-0.15, -0.1) is 0 Å². The van der Waals surface area contributed by atoms with E-state index in [1.165, 1.54) is 5.56 Å². The summed E-state index contributed by atoms with van der Waals surface area (Å²) in [5.41, 5.74) is 3.63. The smallest absolute Gasteiger partial charge is 0.323 e. The molecule has 0 aliphatic rings. The van der Waals surface area contributed by atoms with Gasteiger partial charge in [-0.1, -0.05) is 6.07 Å². The number of methoxy groups -OCH3 is 2. The van der Waals surface area contributed by atoms with Gasteiger partial charge < -0.3 is 20.1 Å². The molecule has 2 N–H and O–H groups in total. The summed E-state index contributed by atoms with van der Waals surface area (Å²) in [5, 5.41) is 5.57. The molecule has 0 bridgehead atoms. The Hall–Kier alpha value is -2.69. The summed E-state index contributed by atoms with van der Waals surface area (Å²) in [6.45, 7) is 4.03. The molecular weight excluding hydrogens is 280 g/mol. The average Bonchev–Trinajstić information content (AvgIpc) is 2.51. The van der Waals surface area contributed by atoms with Gasteiger partial charge in [-0.3, -0.25) is 0 Å². The SMILES string of the molecule is COc1ccc(NC(=O)Nc2ccc(C)c(C)c2)c(OC)c1. The second-order valence-corrected chi connectivity index (χ2v) is 4.94. The van der Waals surface area contributed by atoms with Crippen molar-refractivity contribution < 1.29 is 14.3 Å². The number of carbonyl (C=O) groups is 1. The van der Waals surface area contributed by atoms with E-state index in [0.29, 0.717) is 17.2 Å². The summed E-state index contributed by atoms with van der Waals surface area (Å²) in [7, 11) is 3.12. The molecule has 2 amide bonds. The Balaban J connectivity index is 2.10. The van der Waals surface area contributed by atoms with E-state index in [4.69, 9.17) is 9.47 Å². The molecule has 2 aromatic rings. The second kappa shape index (κ2) is 6.85. The first-order valence-corrected chi connectivity index (χ1v) is 6.90. The minimum Gasteiger partial charge on any atom is -0.497 e. The van der Waals surface area contributed by atoms with Crippen molar-refractivity contribution >= 4 is 17.4 Å². The van der Waals surface area contributed by atoms with Gasteiger partial charge in [-0.25, -0.2) is 4.79 Å². The number of anilines is 2. The van der Waals surface area contributed by atoms with E-state index in [2.05, 4.69) is 10.6 Å². The fourth-order valence-electron chi connectivity index (χ4n) is 2.01. The van der Waals surface area contributed by atoms with Gasteiger partial charge in [0.2, 0.25) is 0 Å². The van der Waals surface area contributed by atoms with Gasteiger partial charge in [0.15, 0.2) is 0 Å². The van der Waals surface area contributed by atoms with Gasteiger partial charge in [-0.05, 0) is 49.2 Å². The third-order valence-corrected chi connectivity index (χ3v) is 3.42. The van der Waals surface area contributed by atoms with Gasteiger partial charge in [-0.2, -0.15) is 0 Å². The molecule has 0 spiro atoms. The van der Waals surface area contributed by atoms with Crippen molar-refractivity contribution in [3.63, 3.8) is 0 Å². The van der Waals surface area contributed by atoms with Crippen LogP contribution in [-0.2, 0) is 0 Å². The fraction of sp³-hybridized carbons (Fsp3) is 0.235. The van der Waals surface area contributed by atoms with Crippen molar-refractivity contribution in [3.8, 4) is 11.5 Å². The minimum absolute atomic E-state index is 0.327. The molecule has 0 saturated heterocycles. The molecule has 2 aromatic carbocycles. The van der Waals surface area contributed by atoms with Crippen LogP contribution in [0, 0.1) is 13.8 Å². The number of aryl methyl sites for hydroxylation is 2. The number of carbonyl (C=O) groups excluding carboxylic acids is 1. The molecule has 0 heterocycles. The van der Waals surface area contributed by atoms with Crippen molar-refractivity contribution in [1.82, 2.24) is 0 Å². The summed E-state index contributed by atoms with van der Waals surface area (Å²) >= 11 is 0. The van der Waals surface area contributed by atoms with Crippen molar-refractivity contribution in [2.75, 3.05) is 24.9 Å². The quantitative estimate of drug-likeness (QED) is 0.898. The molecule has 0 atom stereocenters. The molecule has 0 aliphatic heterocycles. The zero-order chi connectivity index (χ0) is 16.1. The molecular formula is C17H20N2O3. The zero-order valence-corrected chi connectivity index (χ0v) is 13.2. The number of nitrogens with one attached hydrogen (secondary N) is 2. The monoisotopic (exact) mass is 300 g/mol. The van der Waals surface area contributed by atoms with E-state index in [9.17, 15) is 4.79 Å². The first-order valence-electron chi connectivity index (χ1n) is 6.90. The van der Waals surface area contributed by atoms with Crippen LogP contribution in [-0.4, -0.2) is 20.3 Å². The van der Waals surface area contributed by atoms with E-state index >= 15 is 0 Å². The van der Waals surface area contributed by atoms with Crippen molar-refractivity contribution in [2.45, 2.75) is 13.8 Å². The highest BCUT2D eigenvalue weighted by Gasteiger charge is 2.09. The normalized spacial score (nSPS) is 10.0. The molecule has 0 radical (unpaired) electrons. The van der Waals surface area contributed by atoms with E-state index in [1.807, 2.05) is 32.0 Å². The first-order chi connectivity index (χ1) is 10.5. The lowest BCUT2D eigenvalue weighted by Crippen LogP contribution is -2.19. The number of urea groups is 1. The number of hydrogen-bond acceptors (Lipinski definition) is 3. The van der Waals surface area contributed by atoms with E-state index in [-0.39, 0.29) is 6.03 Å². The van der Waals surface area contributed by atoms with Crippen molar-refractivity contribution in [2.24, 2.45) is 0 Å². The van der Waals surface area contributed by atoms with Crippen LogP contribution in [0.4, 0.5) is 16.2 Å². The topological polar surface area (TPSA) is 59.6 Å². The standard InChI is InChI=1S/C17H20N2O3/c1-11-5-6-13(9-12(11)2)18-17(20)19-15-8-7-14(21-3)10-16(15)22-4/h5-10H,1-4H3,(H2,18,19,20). The molecule has 5 heteroatoms. The molecule has 5 nitrogen and oxygen atoms in total. The van der Waals surface area contributed by atoms with Gasteiger partial charge in [0.25, 0.3) is 0 Å². The first kappa shape index (κ1) is 15.7. The van der Waals surface area contributed by atoms with Crippen LogP contribution in [0.15, 0.2) is 36.4 Å². The highest BCUT2D eigenvalue weighted by atomic mass is 16.5. The number of hydrogen-bond donors (Lipinski definition) is 2. The Morgan fingerprint density at radius 1 is 0.909 bits per heavy atom. The maximum absolute atomic E-state index is 12.1. The molecule has 0 saturated carbocycles. The number of rotatable bonds is 4. The lowest BCUT2D eigenvalue weighted by Gasteiger charge is -2.13. The Kier molecular flexibility index (Phi) is 4.88. The maximum atomic E-state index is 12.1. The van der Waals surface area contributed by atoms with Gasteiger partial charge >= 0.3 is 6.03 Å². The highest BCUT2D eigenvalue weighted by molar-refractivity contribution is 6.00. The summed E-state index contributed by atoms with van der Waals surface area (Å²) < 4.78 is 10.4. The fourth-order valence-corrected chi connectivity index (χ4v) is 2.01. The van der Waals surface area contributed by atoms with Crippen molar-refractivity contribution in [3.05, 3.63) is 47.5 Å². The lowest BCUT2D eigenvalue weighted by atomic mass is 10.1. The van der Waals surface area contributed by atoms with Crippen LogP contribution < -0.4 is 20.1 Å². The van der Waals surface area contributed by atoms with Gasteiger partial charge in [0, 0.05) is 11.8 Å². The largest absolute Gasteiger partial charge is 0.497 e. The number of ether oxygens (including phenoxy) is 2. The van der Waals surface area contributed by atoms with E-state index in [0.717, 1.165) is 11.3 Å².